The van der Waals surface area contributed by atoms with E-state index in [2.05, 4.69) is 30.3 Å². The molecule has 0 spiro atoms. The van der Waals surface area contributed by atoms with Crippen molar-refractivity contribution in [3.63, 3.8) is 0 Å². The van der Waals surface area contributed by atoms with Crippen molar-refractivity contribution < 1.29 is 4.74 Å². The molecule has 0 aromatic carbocycles. The summed E-state index contributed by atoms with van der Waals surface area (Å²) in [5.41, 5.74) is 0. The van der Waals surface area contributed by atoms with E-state index < -0.39 is 0 Å². The largest absolute Gasteiger partial charge is 0.457 e. The fraction of sp³-hybridized carbons (Fsp3) is 0.0909. The number of allylic oxidation sites excluding steroid dienone is 2. The Hall–Kier alpha value is -1.20. The van der Waals surface area contributed by atoms with Gasteiger partial charge in [0.15, 0.2) is 0 Å². The van der Waals surface area contributed by atoms with Crippen LogP contribution in [-0.2, 0) is 0 Å². The molecule has 1 aromatic rings. The van der Waals surface area contributed by atoms with Gasteiger partial charge in [-0.2, -0.15) is 0 Å². The van der Waals surface area contributed by atoms with Crippen molar-refractivity contribution in [2.24, 2.45) is 0 Å². The van der Waals surface area contributed by atoms with Crippen LogP contribution in [0.5, 0.6) is 5.75 Å². The molecule has 1 aromatic heterocycles. The molecule has 0 aliphatic carbocycles. The lowest BCUT2D eigenvalue weighted by Gasteiger charge is -2.10. The zero-order valence-corrected chi connectivity index (χ0v) is 8.42. The smallest absolute Gasteiger partial charge is 0.139 e. The van der Waals surface area contributed by atoms with E-state index in [9.17, 15) is 0 Å². The first-order valence-electron chi connectivity index (χ1n) is 4.20. The lowest BCUT2D eigenvalue weighted by Crippen LogP contribution is -1.93. The first kappa shape index (κ1) is 8.40. The monoisotopic (exact) mass is 190 g/mol. The highest BCUT2D eigenvalue weighted by Gasteiger charge is 2.11. The molecule has 1 aliphatic heterocycles. The lowest BCUT2D eigenvalue weighted by molar-refractivity contribution is 0.445. The zero-order valence-electron chi connectivity index (χ0n) is 7.53. The first-order valence-corrected chi connectivity index (χ1v) is 5.68. The summed E-state index contributed by atoms with van der Waals surface area (Å²) in [6.45, 7) is 5.80. The minimum Gasteiger partial charge on any atom is -0.457 e. The van der Waals surface area contributed by atoms with Crippen LogP contribution in [-0.4, -0.2) is 0 Å². The highest BCUT2D eigenvalue weighted by Crippen LogP contribution is 2.46. The molecule has 13 heavy (non-hydrogen) atoms. The fourth-order valence-electron chi connectivity index (χ4n) is 1.33. The summed E-state index contributed by atoms with van der Waals surface area (Å²) in [5.74, 6) is 6.11. The van der Waals surface area contributed by atoms with Crippen molar-refractivity contribution >= 4 is 19.4 Å². The van der Waals surface area contributed by atoms with E-state index in [0.717, 1.165) is 11.5 Å². The number of ether oxygens (including phenoxy) is 1. The SMILES string of the molecule is C=C1C=Cc2c(ccp2/C=C/C)O1. The normalized spacial score (nSPS) is 16.1. The molecule has 1 atom stereocenters. The third-order valence-corrected chi connectivity index (χ3v) is 3.91. The molecule has 2 rings (SSSR count). The van der Waals surface area contributed by atoms with Gasteiger partial charge in [0, 0.05) is 5.30 Å². The van der Waals surface area contributed by atoms with Crippen molar-refractivity contribution in [2.45, 2.75) is 6.92 Å². The maximum absolute atomic E-state index is 5.48. The summed E-state index contributed by atoms with van der Waals surface area (Å²) in [7, 11) is -0.256. The number of fused-ring (bicyclic) bond motifs is 1. The van der Waals surface area contributed by atoms with Gasteiger partial charge in [-0.3, -0.25) is 0 Å². The number of rotatable bonds is 1. The maximum atomic E-state index is 5.48. The van der Waals surface area contributed by atoms with Crippen molar-refractivity contribution in [1.82, 2.24) is 0 Å². The van der Waals surface area contributed by atoms with Crippen LogP contribution in [0.15, 0.2) is 36.4 Å². The van der Waals surface area contributed by atoms with Gasteiger partial charge in [-0.1, -0.05) is 20.2 Å². The van der Waals surface area contributed by atoms with E-state index in [1.807, 2.05) is 19.1 Å². The van der Waals surface area contributed by atoms with E-state index in [1.54, 1.807) is 0 Å². The molecular weight excluding hydrogens is 179 g/mol. The van der Waals surface area contributed by atoms with Crippen LogP contribution in [0.2, 0.25) is 0 Å². The number of hydrogen-bond acceptors (Lipinski definition) is 1. The van der Waals surface area contributed by atoms with Crippen LogP contribution in [0.1, 0.15) is 12.2 Å². The Morgan fingerprint density at radius 3 is 3.08 bits per heavy atom. The molecule has 0 saturated carbocycles. The van der Waals surface area contributed by atoms with Gasteiger partial charge in [-0.25, -0.2) is 0 Å². The molecule has 0 radical (unpaired) electrons. The molecule has 0 amide bonds. The van der Waals surface area contributed by atoms with Gasteiger partial charge < -0.3 is 4.74 Å². The molecule has 1 nitrogen and oxygen atoms in total. The molecule has 0 N–H and O–H groups in total. The van der Waals surface area contributed by atoms with Crippen LogP contribution in [0.25, 0.3) is 11.9 Å². The van der Waals surface area contributed by atoms with Crippen LogP contribution >= 0.6 is 7.53 Å². The molecule has 0 bridgehead atoms. The first-order chi connectivity index (χ1) is 6.31. The van der Waals surface area contributed by atoms with E-state index in [0.29, 0.717) is 0 Å². The van der Waals surface area contributed by atoms with Crippen molar-refractivity contribution in [2.75, 3.05) is 0 Å². The van der Waals surface area contributed by atoms with Gasteiger partial charge in [-0.15, -0.1) is 0 Å². The van der Waals surface area contributed by atoms with E-state index in [1.165, 1.54) is 5.30 Å². The van der Waals surface area contributed by atoms with Gasteiger partial charge in [0.05, 0.1) is 0 Å². The summed E-state index contributed by atoms with van der Waals surface area (Å²) < 4.78 is 5.48. The number of hydrogen-bond donors (Lipinski definition) is 0. The van der Waals surface area contributed by atoms with Gasteiger partial charge in [-0.05, 0) is 36.8 Å². The second kappa shape index (κ2) is 3.27. The van der Waals surface area contributed by atoms with Crippen molar-refractivity contribution in [3.8, 4) is 5.75 Å². The quantitative estimate of drug-likeness (QED) is 0.648. The summed E-state index contributed by atoms with van der Waals surface area (Å²) >= 11 is 0. The van der Waals surface area contributed by atoms with Gasteiger partial charge >= 0.3 is 0 Å². The van der Waals surface area contributed by atoms with E-state index in [4.69, 9.17) is 4.74 Å². The standard InChI is InChI=1S/C11H11OP/c1-3-7-13-8-6-10-11(13)5-4-9(2)12-10/h3-8H,2H2,1H3/b7-3+. The van der Waals surface area contributed by atoms with E-state index in [-0.39, 0.29) is 7.53 Å². The van der Waals surface area contributed by atoms with E-state index >= 15 is 0 Å². The Morgan fingerprint density at radius 1 is 1.46 bits per heavy atom. The lowest BCUT2D eigenvalue weighted by atomic mass is 10.3. The molecule has 1 aliphatic rings. The Kier molecular flexibility index (Phi) is 2.12. The third kappa shape index (κ3) is 1.48. The second-order valence-electron chi connectivity index (χ2n) is 2.86. The molecule has 2 heterocycles. The summed E-state index contributed by atoms with van der Waals surface area (Å²) in [6, 6.07) is 2.04. The predicted molar refractivity (Wildman–Crippen MR) is 59.0 cm³/mol. The molecule has 66 valence electrons. The third-order valence-electron chi connectivity index (χ3n) is 1.89. The zero-order chi connectivity index (χ0) is 9.26. The highest BCUT2D eigenvalue weighted by molar-refractivity contribution is 7.59. The summed E-state index contributed by atoms with van der Waals surface area (Å²) in [5, 5.41) is 1.29. The van der Waals surface area contributed by atoms with Gasteiger partial charge in [0.1, 0.15) is 11.5 Å². The van der Waals surface area contributed by atoms with Crippen LogP contribution in [0.3, 0.4) is 0 Å². The van der Waals surface area contributed by atoms with Crippen LogP contribution in [0.4, 0.5) is 0 Å². The minimum absolute atomic E-state index is 0.256. The van der Waals surface area contributed by atoms with Gasteiger partial charge in [0.25, 0.3) is 0 Å². The summed E-state index contributed by atoms with van der Waals surface area (Å²) in [6.07, 6.45) is 6.11. The fourth-order valence-corrected chi connectivity index (χ4v) is 2.99. The topological polar surface area (TPSA) is 9.23 Å². The average Bonchev–Trinajstić information content (AvgIpc) is 2.49. The Bertz CT molecular complexity index is 396. The average molecular weight is 190 g/mol. The molecule has 2 heteroatoms. The minimum atomic E-state index is -0.256. The molecule has 1 unspecified atom stereocenters. The maximum Gasteiger partial charge on any atom is 0.139 e. The van der Waals surface area contributed by atoms with Crippen molar-refractivity contribution in [3.05, 3.63) is 41.6 Å². The Morgan fingerprint density at radius 2 is 2.31 bits per heavy atom. The van der Waals surface area contributed by atoms with Crippen LogP contribution in [0, 0.1) is 0 Å². The van der Waals surface area contributed by atoms with Crippen molar-refractivity contribution in [1.29, 1.82) is 0 Å². The molecule has 0 fully saturated rings. The van der Waals surface area contributed by atoms with Gasteiger partial charge in [0.2, 0.25) is 0 Å². The summed E-state index contributed by atoms with van der Waals surface area (Å²) in [4.78, 5) is 0. The van der Waals surface area contributed by atoms with Crippen LogP contribution < -0.4 is 4.74 Å². The Labute approximate surface area is 79.1 Å². The second-order valence-corrected chi connectivity index (χ2v) is 4.75. The highest BCUT2D eigenvalue weighted by atomic mass is 31.1. The Balaban J connectivity index is 2.47. The molecule has 0 saturated heterocycles. The molecular formula is C11H11OP. The predicted octanol–water partition coefficient (Wildman–Crippen LogP) is 4.08.